The van der Waals surface area contributed by atoms with Gasteiger partial charge in [-0.3, -0.25) is 9.97 Å². The van der Waals surface area contributed by atoms with Crippen LogP contribution in [0.25, 0.3) is 198 Å². The number of nitrogens with zero attached hydrogens (tertiary/aromatic N) is 2. The molecule has 0 saturated carbocycles. The van der Waals surface area contributed by atoms with Gasteiger partial charge in [-0.05, 0) is 232 Å². The predicted molar refractivity (Wildman–Crippen MR) is 576 cm³/mol. The van der Waals surface area contributed by atoms with Crippen molar-refractivity contribution in [2.45, 2.75) is 13.8 Å². The van der Waals surface area contributed by atoms with Crippen molar-refractivity contribution in [3.63, 3.8) is 0 Å². The largest absolute Gasteiger partial charge is 1.00 e. The molecule has 2 aliphatic rings. The first-order valence-corrected chi connectivity index (χ1v) is 47.0. The molecule has 3 aromatic heterocycles. The number of benzene rings is 21. The molecular weight excluding hydrogens is 1680 g/mol. The van der Waals surface area contributed by atoms with Gasteiger partial charge in [0.25, 0.3) is 6.71 Å². The van der Waals surface area contributed by atoms with Crippen LogP contribution in [-0.4, -0.2) is 16.7 Å². The molecule has 0 saturated heterocycles. The average Bonchev–Trinajstić information content (AvgIpc) is 0.680. The third kappa shape index (κ3) is 16.6. The van der Waals surface area contributed by atoms with Gasteiger partial charge in [-0.15, -0.1) is 0 Å². The molecule has 0 radical (unpaired) electrons. The van der Waals surface area contributed by atoms with E-state index in [1.54, 1.807) is 18.3 Å². The van der Waals surface area contributed by atoms with Crippen LogP contribution in [-0.2, 0) is 0 Å². The zero-order valence-electron chi connectivity index (χ0n) is 78.1. The average molecular weight is 1770 g/mol. The first-order valence-electron chi connectivity index (χ1n) is 47.0. The van der Waals surface area contributed by atoms with Crippen LogP contribution >= 0.6 is 0 Å². The Hall–Kier alpha value is -17.3. The monoisotopic (exact) mass is 1770 g/mol. The van der Waals surface area contributed by atoms with Gasteiger partial charge < -0.3 is 16.0 Å². The van der Waals surface area contributed by atoms with Gasteiger partial charge in [-0.1, -0.05) is 431 Å². The van der Waals surface area contributed by atoms with E-state index in [1.165, 1.54) is 143 Å². The number of aryl methyl sites for hydroxylation is 2. The third-order valence-electron chi connectivity index (χ3n) is 27.1. The van der Waals surface area contributed by atoms with E-state index in [9.17, 15) is 5.11 Å². The van der Waals surface area contributed by atoms with Crippen LogP contribution in [0.2, 0.25) is 0 Å². The Kier molecular flexibility index (Phi) is 24.2. The van der Waals surface area contributed by atoms with E-state index in [2.05, 4.69) is 472 Å². The zero-order valence-corrected chi connectivity index (χ0v) is 77.1. The molecule has 0 bridgehead atoms. The molecule has 1 N–H and O–H groups in total. The second-order valence-corrected chi connectivity index (χ2v) is 35.2. The molecule has 21 aromatic carbocycles. The summed E-state index contributed by atoms with van der Waals surface area (Å²) in [5, 5.41) is 24.8. The number of H-pyrrole nitrogens is 1. The van der Waals surface area contributed by atoms with Gasteiger partial charge in [0.1, 0.15) is 23.0 Å². The summed E-state index contributed by atoms with van der Waals surface area (Å²) >= 11 is 0. The van der Waals surface area contributed by atoms with Crippen molar-refractivity contribution in [1.29, 1.82) is 0 Å². The Balaban J connectivity index is 0.000000118. The van der Waals surface area contributed by atoms with E-state index in [-0.39, 0.29) is 32.7 Å². The number of aromatic nitrogens is 3. The summed E-state index contributed by atoms with van der Waals surface area (Å²) in [4.78, 5) is 11.7. The molecule has 26 rings (SSSR count). The smallest absolute Gasteiger partial charge is 1.00 e. The van der Waals surface area contributed by atoms with Crippen LogP contribution < -0.4 is 54.8 Å². The quantitative estimate of drug-likeness (QED) is 0.0899. The molecular formula is C131H91BLiN3O3. The number of nitrogens with one attached hydrogen (secondary N) is 1. The first kappa shape index (κ1) is 87.1. The molecule has 0 amide bonds. The molecule has 139 heavy (non-hydrogen) atoms. The van der Waals surface area contributed by atoms with Crippen molar-refractivity contribution in [3.8, 4) is 162 Å². The maximum atomic E-state index is 11.1. The summed E-state index contributed by atoms with van der Waals surface area (Å²) in [6.07, 6.45) is 9.37. The molecule has 0 spiro atoms. The standard InChI is InChI=1S/C44H32N2.C42H27BO2.C36H24.C9H7NO.Li.H/c1-29-22-24-45-27-41(29)32-12-16-34(17-13-32)43-37-10-6-7-11-38(37)44(35-18-14-33(15-19-35)42-28-46-25-23-30(42)2)40-26-36(20-21-39(40)43)31-8-4-3-5-9-31;1-5-15-28(16-6-1)32-23-13-25-36-39(32)44-41-34(30-19-9-3-10-20-30)27-35(31-21-11-4-12-22-31)42-38(41)43(36)37-26-14-24-33(40(37)45-42)29-17-7-2-8-18-29;1-3-13-25(14-4-1)27-23-24-34(29-18-8-7-17-28(27)29)36-32-21-11-9-19-30(32)35(26-15-5-2-6-16-26)31-20-10-12-22-33(31)36;11-8-5-1-3-7-4-2-6-10-9(7)8;;/h3-28H,1-2H3;1-27H;1-24H;1-6,11H;;/q;;;;+1;-1. The number of rotatable bonds is 12. The van der Waals surface area contributed by atoms with Crippen molar-refractivity contribution in [2.24, 2.45) is 0 Å². The Morgan fingerprint density at radius 1 is 0.237 bits per heavy atom. The number of hydrogen-bond donors (Lipinski definition) is 0. The van der Waals surface area contributed by atoms with Crippen molar-refractivity contribution in [3.05, 3.63) is 515 Å². The number of aromatic amines is 1. The van der Waals surface area contributed by atoms with E-state index >= 15 is 0 Å². The molecule has 0 atom stereocenters. The van der Waals surface area contributed by atoms with Gasteiger partial charge in [0.15, 0.2) is 6.20 Å². The molecule has 8 heteroatoms. The van der Waals surface area contributed by atoms with Crippen LogP contribution in [0.3, 0.4) is 0 Å². The van der Waals surface area contributed by atoms with Crippen LogP contribution in [0, 0.1) is 13.8 Å². The summed E-state index contributed by atoms with van der Waals surface area (Å²) in [5.74, 6) is 3.55. The minimum absolute atomic E-state index is 0. The zero-order chi connectivity index (χ0) is 92.4. The van der Waals surface area contributed by atoms with E-state index in [0.717, 1.165) is 100 Å². The number of fused-ring (bicyclic) bond motifs is 10. The predicted octanol–water partition coefficient (Wildman–Crippen LogP) is 28.8. The summed E-state index contributed by atoms with van der Waals surface area (Å²) in [6, 6.07) is 168. The van der Waals surface area contributed by atoms with E-state index in [0.29, 0.717) is 5.52 Å². The molecule has 0 unspecified atom stereocenters. The molecule has 0 aliphatic carbocycles. The van der Waals surface area contributed by atoms with Crippen molar-refractivity contribution in [1.82, 2.24) is 9.97 Å². The Morgan fingerprint density at radius 3 is 0.993 bits per heavy atom. The molecule has 0 fully saturated rings. The molecule has 5 heterocycles. The molecule has 2 aliphatic heterocycles. The summed E-state index contributed by atoms with van der Waals surface area (Å²) in [6.45, 7) is 4.19. The van der Waals surface area contributed by atoms with E-state index in [4.69, 9.17) is 9.47 Å². The van der Waals surface area contributed by atoms with Gasteiger partial charge in [0, 0.05) is 75.1 Å². The minimum Gasteiger partial charge on any atom is -1.00 e. The summed E-state index contributed by atoms with van der Waals surface area (Å²) in [7, 11) is 0. The van der Waals surface area contributed by atoms with Crippen molar-refractivity contribution >= 4 is 87.9 Å². The SMILES string of the molecule is Cc1ccncc1-c1ccc(-c2c3ccccc3c(-c3ccc(-c4cnccc4C)cc3)c3cc(-c4ccccc4)ccc23)cc1.[H-].[Li+].[O-]c1cccc2ccc[nH+]c12.c1ccc(-c2ccc(-c3c4ccccc4c(-c4ccccc4)c4ccccc34)c3ccccc23)cc1.c1ccc(-c2cccc3c2Oc2c(-c4ccccc4)cc(-c4ccccc4)c4c2B3c2cccc(-c3ccccc3)c2O4)cc1. The maximum absolute atomic E-state index is 11.1. The number of pyridine rings is 3. The molecule has 6 nitrogen and oxygen atoms in total. The van der Waals surface area contributed by atoms with Gasteiger partial charge in [0.2, 0.25) is 5.52 Å². The summed E-state index contributed by atoms with van der Waals surface area (Å²) in [5.41, 5.74) is 34.9. The Bertz CT molecular complexity index is 8490. The molecule has 24 aromatic rings. The fourth-order valence-electron chi connectivity index (χ4n) is 20.6. The fourth-order valence-corrected chi connectivity index (χ4v) is 20.6. The van der Waals surface area contributed by atoms with E-state index in [1.807, 2.05) is 43.0 Å². The third-order valence-corrected chi connectivity index (χ3v) is 27.1. The fraction of sp³-hybridized carbons (Fsp3) is 0.0153. The first-order chi connectivity index (χ1) is 68.3. The van der Waals surface area contributed by atoms with Gasteiger partial charge >= 0.3 is 18.9 Å². The van der Waals surface area contributed by atoms with Crippen LogP contribution in [0.1, 0.15) is 12.6 Å². The second kappa shape index (κ2) is 38.6. The maximum Gasteiger partial charge on any atom is 1.00 e. The van der Waals surface area contributed by atoms with Crippen LogP contribution in [0.5, 0.6) is 28.7 Å². The van der Waals surface area contributed by atoms with Gasteiger partial charge in [-0.25, -0.2) is 4.98 Å². The Morgan fingerprint density at radius 2 is 0.561 bits per heavy atom. The summed E-state index contributed by atoms with van der Waals surface area (Å²) < 4.78 is 14.3. The normalized spacial score (nSPS) is 11.5. The van der Waals surface area contributed by atoms with Crippen LogP contribution in [0.15, 0.2) is 504 Å². The van der Waals surface area contributed by atoms with E-state index < -0.39 is 0 Å². The number of hydrogen-bond acceptors (Lipinski definition) is 5. The minimum atomic E-state index is -0.0825. The Labute approximate surface area is 823 Å². The molecule has 652 valence electrons. The topological polar surface area (TPSA) is 81.4 Å². The van der Waals surface area contributed by atoms with Gasteiger partial charge in [0.05, 0.1) is 0 Å². The van der Waals surface area contributed by atoms with Crippen molar-refractivity contribution in [2.75, 3.05) is 0 Å². The number of para-hydroxylation sites is 3. The van der Waals surface area contributed by atoms with Crippen molar-refractivity contribution < 1.29 is 39.9 Å². The van der Waals surface area contributed by atoms with Crippen LogP contribution in [0.4, 0.5) is 0 Å². The van der Waals surface area contributed by atoms with Gasteiger partial charge in [-0.2, -0.15) is 0 Å². The second-order valence-electron chi connectivity index (χ2n) is 35.2. The number of ether oxygens (including phenoxy) is 2.